The van der Waals surface area contributed by atoms with Gasteiger partial charge in [0.15, 0.2) is 5.82 Å². The van der Waals surface area contributed by atoms with Crippen molar-refractivity contribution in [2.75, 3.05) is 6.61 Å². The highest BCUT2D eigenvalue weighted by atomic mass is 32.1. The van der Waals surface area contributed by atoms with Gasteiger partial charge >= 0.3 is 0 Å². The Morgan fingerprint density at radius 2 is 2.00 bits per heavy atom. The summed E-state index contributed by atoms with van der Waals surface area (Å²) in [5, 5.41) is 4.45. The number of fused-ring (bicyclic) bond motifs is 2. The Bertz CT molecular complexity index is 1400. The Morgan fingerprint density at radius 3 is 2.78 bits per heavy atom. The van der Waals surface area contributed by atoms with E-state index in [1.54, 1.807) is 0 Å². The van der Waals surface area contributed by atoms with Gasteiger partial charge in [-0.25, -0.2) is 0 Å². The lowest BCUT2D eigenvalue weighted by Gasteiger charge is -2.22. The van der Waals surface area contributed by atoms with Gasteiger partial charge in [0.25, 0.3) is 5.56 Å². The second kappa shape index (κ2) is 8.59. The fourth-order valence-corrected chi connectivity index (χ4v) is 4.47. The summed E-state index contributed by atoms with van der Waals surface area (Å²) in [5.74, 6) is 2.21. The molecule has 0 amide bonds. The summed E-state index contributed by atoms with van der Waals surface area (Å²) in [4.78, 5) is 18.1. The standard InChI is InChI=1S/C25H23N3O3S/c1-3-4-13-30-20-11-9-17(10-12-20)23-26-25-28(27-23)24(29)22(32-25)15-19-14-18-7-5-6-8-21(18)31-16(19)2/h5-12,14-16H,3-4,13H2,1-2H3/b22-15+. The van der Waals surface area contributed by atoms with Gasteiger partial charge in [0.1, 0.15) is 17.6 Å². The molecular formula is C25H23N3O3S. The van der Waals surface area contributed by atoms with Crippen molar-refractivity contribution in [3.8, 4) is 22.9 Å². The Morgan fingerprint density at radius 1 is 1.19 bits per heavy atom. The van der Waals surface area contributed by atoms with Crippen LogP contribution in [0.2, 0.25) is 0 Å². The van der Waals surface area contributed by atoms with Gasteiger partial charge in [-0.15, -0.1) is 5.10 Å². The Labute approximate surface area is 189 Å². The molecule has 2 aromatic carbocycles. The number of aromatic nitrogens is 3. The van der Waals surface area contributed by atoms with E-state index in [4.69, 9.17) is 9.47 Å². The van der Waals surface area contributed by atoms with Crippen molar-refractivity contribution in [3.05, 3.63) is 74.6 Å². The smallest absolute Gasteiger partial charge is 0.291 e. The quantitative estimate of drug-likeness (QED) is 0.413. The van der Waals surface area contributed by atoms with Crippen molar-refractivity contribution in [2.45, 2.75) is 32.8 Å². The first-order valence-corrected chi connectivity index (χ1v) is 11.6. The lowest BCUT2D eigenvalue weighted by atomic mass is 10.0. The van der Waals surface area contributed by atoms with Crippen molar-refractivity contribution in [1.29, 1.82) is 0 Å². The Kier molecular flexibility index (Phi) is 5.49. The third-order valence-electron chi connectivity index (χ3n) is 5.37. The number of ether oxygens (including phenoxy) is 2. The highest BCUT2D eigenvalue weighted by Crippen LogP contribution is 2.29. The molecule has 6 nitrogen and oxygen atoms in total. The van der Waals surface area contributed by atoms with E-state index >= 15 is 0 Å². The molecule has 1 atom stereocenters. The maximum atomic E-state index is 13.0. The number of unbranched alkanes of at least 4 members (excludes halogenated alkanes) is 1. The Hall–Kier alpha value is -3.45. The number of thiazole rings is 1. The zero-order valence-corrected chi connectivity index (χ0v) is 18.8. The lowest BCUT2D eigenvalue weighted by molar-refractivity contribution is 0.259. The van der Waals surface area contributed by atoms with E-state index in [0.717, 1.165) is 41.0 Å². The number of para-hydroxylation sites is 1. The van der Waals surface area contributed by atoms with Crippen LogP contribution in [0, 0.1) is 0 Å². The molecule has 0 radical (unpaired) electrons. The summed E-state index contributed by atoms with van der Waals surface area (Å²) in [5.41, 5.74) is 2.63. The fraction of sp³-hybridized carbons (Fsp3) is 0.240. The number of benzene rings is 2. The number of hydrogen-bond acceptors (Lipinski definition) is 6. The van der Waals surface area contributed by atoms with Gasteiger partial charge in [-0.1, -0.05) is 42.9 Å². The van der Waals surface area contributed by atoms with E-state index in [-0.39, 0.29) is 11.7 Å². The van der Waals surface area contributed by atoms with Crippen LogP contribution in [0.5, 0.6) is 11.5 Å². The van der Waals surface area contributed by atoms with Crippen LogP contribution >= 0.6 is 11.3 Å². The van der Waals surface area contributed by atoms with Gasteiger partial charge in [-0.05, 0) is 61.4 Å². The first-order chi connectivity index (χ1) is 15.6. The first kappa shape index (κ1) is 20.5. The molecule has 0 saturated heterocycles. The van der Waals surface area contributed by atoms with Crippen molar-refractivity contribution < 1.29 is 9.47 Å². The molecule has 3 heterocycles. The van der Waals surface area contributed by atoms with Gasteiger partial charge in [0.05, 0.1) is 11.1 Å². The van der Waals surface area contributed by atoms with Crippen LogP contribution in [-0.4, -0.2) is 27.3 Å². The summed E-state index contributed by atoms with van der Waals surface area (Å²) < 4.78 is 13.7. The Balaban J connectivity index is 1.44. The minimum atomic E-state index is -0.171. The second-order valence-electron chi connectivity index (χ2n) is 7.71. The molecule has 7 heteroatoms. The fourth-order valence-electron chi connectivity index (χ4n) is 3.56. The largest absolute Gasteiger partial charge is 0.494 e. The van der Waals surface area contributed by atoms with Gasteiger partial charge in [-0.2, -0.15) is 9.50 Å². The van der Waals surface area contributed by atoms with Crippen LogP contribution in [0.4, 0.5) is 0 Å². The van der Waals surface area contributed by atoms with Gasteiger partial charge in [0, 0.05) is 11.1 Å². The van der Waals surface area contributed by atoms with E-state index in [1.807, 2.05) is 61.5 Å². The van der Waals surface area contributed by atoms with Gasteiger partial charge < -0.3 is 9.47 Å². The van der Waals surface area contributed by atoms with Crippen molar-refractivity contribution in [1.82, 2.24) is 14.6 Å². The molecule has 0 bridgehead atoms. The van der Waals surface area contributed by atoms with Crippen LogP contribution in [0.3, 0.4) is 0 Å². The number of rotatable bonds is 6. The van der Waals surface area contributed by atoms with Crippen LogP contribution in [0.25, 0.3) is 28.5 Å². The zero-order chi connectivity index (χ0) is 22.1. The van der Waals surface area contributed by atoms with Crippen molar-refractivity contribution in [3.63, 3.8) is 0 Å². The third kappa shape index (κ3) is 3.91. The molecule has 1 aliphatic rings. The molecule has 0 saturated carbocycles. The van der Waals surface area contributed by atoms with E-state index in [1.165, 1.54) is 15.9 Å². The summed E-state index contributed by atoms with van der Waals surface area (Å²) in [6, 6.07) is 15.5. The molecule has 0 spiro atoms. The highest BCUT2D eigenvalue weighted by molar-refractivity contribution is 7.15. The van der Waals surface area contributed by atoms with Gasteiger partial charge in [-0.3, -0.25) is 4.79 Å². The molecule has 0 fully saturated rings. The summed E-state index contributed by atoms with van der Waals surface area (Å²) in [6.07, 6.45) is 5.93. The maximum absolute atomic E-state index is 13.0. The zero-order valence-electron chi connectivity index (χ0n) is 17.9. The number of hydrogen-bond donors (Lipinski definition) is 0. The molecule has 0 N–H and O–H groups in total. The molecule has 2 aromatic heterocycles. The van der Waals surface area contributed by atoms with Crippen molar-refractivity contribution >= 4 is 28.4 Å². The summed E-state index contributed by atoms with van der Waals surface area (Å²) in [6.45, 7) is 4.82. The van der Waals surface area contributed by atoms with Crippen molar-refractivity contribution in [2.24, 2.45) is 0 Å². The summed E-state index contributed by atoms with van der Waals surface area (Å²) in [7, 11) is 0. The van der Waals surface area contributed by atoms with Crippen LogP contribution in [0.15, 0.2) is 58.9 Å². The minimum absolute atomic E-state index is 0.139. The topological polar surface area (TPSA) is 65.7 Å². The average Bonchev–Trinajstić information content (AvgIpc) is 3.34. The molecular weight excluding hydrogens is 422 g/mol. The van der Waals surface area contributed by atoms with E-state index in [2.05, 4.69) is 23.1 Å². The monoisotopic (exact) mass is 445 g/mol. The first-order valence-electron chi connectivity index (χ1n) is 10.7. The highest BCUT2D eigenvalue weighted by Gasteiger charge is 2.18. The summed E-state index contributed by atoms with van der Waals surface area (Å²) >= 11 is 1.33. The maximum Gasteiger partial charge on any atom is 0.291 e. The lowest BCUT2D eigenvalue weighted by Crippen LogP contribution is -2.26. The molecule has 5 rings (SSSR count). The predicted molar refractivity (Wildman–Crippen MR) is 127 cm³/mol. The van der Waals surface area contributed by atoms with E-state index < -0.39 is 0 Å². The average molecular weight is 446 g/mol. The normalized spacial score (nSPS) is 16.0. The molecule has 162 valence electrons. The van der Waals surface area contributed by atoms with E-state index in [0.29, 0.717) is 21.9 Å². The molecule has 1 aliphatic heterocycles. The van der Waals surface area contributed by atoms with E-state index in [9.17, 15) is 4.79 Å². The van der Waals surface area contributed by atoms with Gasteiger partial charge in [0.2, 0.25) is 4.96 Å². The molecule has 0 aliphatic carbocycles. The molecule has 4 aromatic rings. The number of nitrogens with zero attached hydrogens (tertiary/aromatic N) is 3. The van der Waals surface area contributed by atoms with Crippen LogP contribution < -0.4 is 19.6 Å². The second-order valence-corrected chi connectivity index (χ2v) is 8.72. The molecule has 32 heavy (non-hydrogen) atoms. The molecule has 1 unspecified atom stereocenters. The minimum Gasteiger partial charge on any atom is -0.494 e. The van der Waals surface area contributed by atoms with Crippen LogP contribution in [-0.2, 0) is 0 Å². The third-order valence-corrected chi connectivity index (χ3v) is 6.33. The van der Waals surface area contributed by atoms with Crippen LogP contribution in [0.1, 0.15) is 32.3 Å². The SMILES string of the molecule is CCCCOc1ccc(-c2nc3s/c(=C/C4=Cc5ccccc5OC4C)c(=O)n3n2)cc1. The predicted octanol–water partition coefficient (Wildman–Crippen LogP) is 4.36.